The molecule has 2 heterocycles. The molecule has 34 heavy (non-hydrogen) atoms. The third kappa shape index (κ3) is 2.81. The summed E-state index contributed by atoms with van der Waals surface area (Å²) in [5.74, 6) is 4.47. The molecular formula is C30H40N2O2. The third-order valence-electron chi connectivity index (χ3n) is 11.8. The molecule has 10 atom stereocenters. The van der Waals surface area contributed by atoms with Crippen molar-refractivity contribution in [3.63, 3.8) is 0 Å². The van der Waals surface area contributed by atoms with Crippen LogP contribution >= 0.6 is 0 Å². The van der Waals surface area contributed by atoms with E-state index in [1.54, 1.807) is 0 Å². The van der Waals surface area contributed by atoms with Crippen LogP contribution in [-0.4, -0.2) is 27.8 Å². The fourth-order valence-corrected chi connectivity index (χ4v) is 10.4. The Morgan fingerprint density at radius 3 is 2.76 bits per heavy atom. The molecule has 1 aliphatic heterocycles. The van der Waals surface area contributed by atoms with Crippen LogP contribution in [0.25, 0.3) is 10.9 Å². The summed E-state index contributed by atoms with van der Waals surface area (Å²) >= 11 is 0. The van der Waals surface area contributed by atoms with E-state index in [0.29, 0.717) is 35.9 Å². The zero-order valence-electron chi connectivity index (χ0n) is 21.1. The summed E-state index contributed by atoms with van der Waals surface area (Å²) in [4.78, 5) is 13.7. The lowest BCUT2D eigenvalue weighted by Crippen LogP contribution is -2.57. The van der Waals surface area contributed by atoms with Crippen LogP contribution < -0.4 is 0 Å². The van der Waals surface area contributed by atoms with Crippen LogP contribution in [0.3, 0.4) is 0 Å². The van der Waals surface area contributed by atoms with E-state index >= 15 is 0 Å². The van der Waals surface area contributed by atoms with Gasteiger partial charge in [-0.1, -0.05) is 38.5 Å². The Hall–Kier alpha value is -1.68. The number of hydrogen-bond donors (Lipinski definition) is 0. The number of aromatic nitrogens is 2. The second-order valence-electron chi connectivity index (χ2n) is 13.1. The highest BCUT2D eigenvalue weighted by molar-refractivity contribution is 5.83. The van der Waals surface area contributed by atoms with Crippen molar-refractivity contribution in [3.8, 4) is 0 Å². The van der Waals surface area contributed by atoms with Gasteiger partial charge in [-0.15, -0.1) is 0 Å². The van der Waals surface area contributed by atoms with Crippen LogP contribution in [0.15, 0.2) is 30.5 Å². The molecule has 4 nitrogen and oxygen atoms in total. The summed E-state index contributed by atoms with van der Waals surface area (Å²) in [6.07, 6.45) is 13.1. The minimum atomic E-state index is 0.152. The molecule has 1 aromatic heterocycles. The Morgan fingerprint density at radius 1 is 1.06 bits per heavy atom. The minimum absolute atomic E-state index is 0.152. The Balaban J connectivity index is 1.14. The van der Waals surface area contributed by atoms with Gasteiger partial charge in [-0.2, -0.15) is 5.10 Å². The largest absolute Gasteiger partial charge is 0.374 e. The van der Waals surface area contributed by atoms with Crippen LogP contribution in [0.5, 0.6) is 0 Å². The molecule has 2 aromatic rings. The maximum Gasteiger partial charge on any atom is 0.157 e. The number of ketones is 1. The van der Waals surface area contributed by atoms with Crippen LogP contribution in [0.4, 0.5) is 0 Å². The van der Waals surface area contributed by atoms with Gasteiger partial charge in [0.25, 0.3) is 0 Å². The van der Waals surface area contributed by atoms with E-state index in [0.717, 1.165) is 41.0 Å². The van der Waals surface area contributed by atoms with Crippen molar-refractivity contribution < 1.29 is 9.53 Å². The first kappa shape index (κ1) is 21.6. The first-order valence-corrected chi connectivity index (χ1v) is 14.0. The number of hydrogen-bond acceptors (Lipinski definition) is 3. The first-order chi connectivity index (χ1) is 16.4. The molecule has 4 aliphatic carbocycles. The monoisotopic (exact) mass is 460 g/mol. The molecule has 5 fully saturated rings. The number of carbonyl (C=O) groups excluding carboxylic acids is 1. The predicted octanol–water partition coefficient (Wildman–Crippen LogP) is 6.28. The molecule has 1 saturated heterocycles. The summed E-state index contributed by atoms with van der Waals surface area (Å²) in [5, 5.41) is 5.80. The molecule has 0 spiro atoms. The fraction of sp³-hybridized carbons (Fsp3) is 0.733. The summed E-state index contributed by atoms with van der Waals surface area (Å²) < 4.78 is 8.64. The molecule has 182 valence electrons. The van der Waals surface area contributed by atoms with Gasteiger partial charge < -0.3 is 4.74 Å². The summed E-state index contributed by atoms with van der Waals surface area (Å²) in [6.45, 7) is 7.75. The molecule has 0 radical (unpaired) electrons. The standard InChI is InChI=1S/C30H40N2O2/c1-18-10-13-30-19(2)34-28(25(30)14-18)15-21-22-8-9-24(29(22,3)12-11-23(21)30)27(33)17-32-16-20-6-4-5-7-26(20)31-32/h4-7,16,18-19,21-25,28H,8-15,17H2,1-3H3/t18-,19+,21-,22-,23?,24+,25?,28+,29-,30-/m0/s1. The van der Waals surface area contributed by atoms with Crippen LogP contribution in [0.1, 0.15) is 72.1 Å². The maximum atomic E-state index is 13.7. The molecule has 7 rings (SSSR count). The smallest absolute Gasteiger partial charge is 0.157 e. The quantitative estimate of drug-likeness (QED) is 0.542. The van der Waals surface area contributed by atoms with E-state index in [1.807, 2.05) is 29.1 Å². The predicted molar refractivity (Wildman–Crippen MR) is 133 cm³/mol. The Kier molecular flexibility index (Phi) is 4.71. The van der Waals surface area contributed by atoms with Gasteiger partial charge in [0.1, 0.15) is 0 Å². The van der Waals surface area contributed by atoms with Gasteiger partial charge in [-0.05, 0) is 92.9 Å². The van der Waals surface area contributed by atoms with E-state index in [2.05, 4.69) is 31.9 Å². The van der Waals surface area contributed by atoms with Crippen molar-refractivity contribution >= 4 is 16.7 Å². The topological polar surface area (TPSA) is 44.1 Å². The lowest BCUT2D eigenvalue weighted by molar-refractivity contribution is -0.136. The number of carbonyl (C=O) groups is 1. The van der Waals surface area contributed by atoms with Gasteiger partial charge in [0, 0.05) is 22.9 Å². The van der Waals surface area contributed by atoms with Crippen molar-refractivity contribution in [3.05, 3.63) is 30.5 Å². The van der Waals surface area contributed by atoms with Crippen molar-refractivity contribution in [1.82, 2.24) is 9.78 Å². The van der Waals surface area contributed by atoms with Gasteiger partial charge in [-0.25, -0.2) is 0 Å². The molecular weight excluding hydrogens is 420 g/mol. The molecule has 0 amide bonds. The van der Waals surface area contributed by atoms with E-state index in [-0.39, 0.29) is 11.3 Å². The second kappa shape index (κ2) is 7.41. The molecule has 2 unspecified atom stereocenters. The average molecular weight is 461 g/mol. The number of Topliss-reactive ketones (excluding diaryl/α,β-unsaturated/α-hetero) is 1. The Morgan fingerprint density at radius 2 is 1.91 bits per heavy atom. The van der Waals surface area contributed by atoms with Crippen LogP contribution in [-0.2, 0) is 16.1 Å². The Labute approximate surface area is 203 Å². The molecule has 4 heteroatoms. The van der Waals surface area contributed by atoms with Crippen molar-refractivity contribution in [2.45, 2.75) is 90.9 Å². The highest BCUT2D eigenvalue weighted by atomic mass is 16.5. The highest BCUT2D eigenvalue weighted by Gasteiger charge is 2.68. The number of benzene rings is 1. The summed E-state index contributed by atoms with van der Waals surface area (Å²) in [7, 11) is 0. The lowest BCUT2D eigenvalue weighted by Gasteiger charge is -2.60. The van der Waals surface area contributed by atoms with Gasteiger partial charge in [0.15, 0.2) is 5.78 Å². The van der Waals surface area contributed by atoms with Crippen molar-refractivity contribution in [2.75, 3.05) is 0 Å². The maximum absolute atomic E-state index is 13.7. The van der Waals surface area contributed by atoms with Gasteiger partial charge >= 0.3 is 0 Å². The van der Waals surface area contributed by atoms with E-state index in [4.69, 9.17) is 4.74 Å². The van der Waals surface area contributed by atoms with Gasteiger partial charge in [0.2, 0.25) is 0 Å². The van der Waals surface area contributed by atoms with Crippen LogP contribution in [0, 0.1) is 46.3 Å². The molecule has 4 saturated carbocycles. The van der Waals surface area contributed by atoms with E-state index < -0.39 is 0 Å². The highest BCUT2D eigenvalue weighted by Crippen LogP contribution is 2.71. The van der Waals surface area contributed by atoms with E-state index in [1.165, 1.54) is 44.9 Å². The number of fused-ring (bicyclic) bond motifs is 4. The third-order valence-corrected chi connectivity index (χ3v) is 11.8. The Bertz CT molecular complexity index is 1090. The zero-order valence-corrected chi connectivity index (χ0v) is 21.1. The van der Waals surface area contributed by atoms with Gasteiger partial charge in [-0.3, -0.25) is 9.48 Å². The molecule has 0 N–H and O–H groups in total. The normalized spacial score (nSPS) is 47.3. The van der Waals surface area contributed by atoms with Crippen molar-refractivity contribution in [1.29, 1.82) is 0 Å². The fourth-order valence-electron chi connectivity index (χ4n) is 10.4. The lowest BCUT2D eigenvalue weighted by atomic mass is 9.43. The van der Waals surface area contributed by atoms with E-state index in [9.17, 15) is 4.79 Å². The number of nitrogens with zero attached hydrogens (tertiary/aromatic N) is 2. The van der Waals surface area contributed by atoms with Gasteiger partial charge in [0.05, 0.1) is 24.3 Å². The molecule has 2 bridgehead atoms. The molecule has 5 aliphatic rings. The van der Waals surface area contributed by atoms with Crippen molar-refractivity contribution in [2.24, 2.45) is 46.3 Å². The van der Waals surface area contributed by atoms with Crippen LogP contribution in [0.2, 0.25) is 0 Å². The molecule has 1 aromatic carbocycles. The summed E-state index contributed by atoms with van der Waals surface area (Å²) in [5.41, 5.74) is 1.55. The summed E-state index contributed by atoms with van der Waals surface area (Å²) in [6, 6.07) is 8.16. The first-order valence-electron chi connectivity index (χ1n) is 14.0. The SMILES string of the molecule is C[C@H]1CC[C@@]23C4CC[C@]5(C)[C@@H](C(=O)Cn6cc7ccccc7n6)CC[C@H]5[C@@H]4C[C@@H](O[C@@H]2C)C3C1. The number of rotatable bonds is 3. The second-order valence-corrected chi connectivity index (χ2v) is 13.1. The number of ether oxygens (including phenoxy) is 1. The minimum Gasteiger partial charge on any atom is -0.374 e. The zero-order chi connectivity index (χ0) is 23.2. The average Bonchev–Trinajstić information content (AvgIpc) is 3.44.